The molecule has 3 N–H and O–H groups in total. The molecule has 3 nitrogen and oxygen atoms in total. The topological polar surface area (TPSA) is 52.5 Å². The smallest absolute Gasteiger partial charge is 0.107 e. The summed E-state index contributed by atoms with van der Waals surface area (Å²) in [5, 5.41) is 23.3. The number of hydrogen-bond donors (Lipinski definition) is 3. The van der Waals surface area contributed by atoms with E-state index in [0.717, 1.165) is 16.7 Å². The molecule has 1 aromatic carbocycles. The lowest BCUT2D eigenvalue weighted by molar-refractivity contribution is 0.0195. The van der Waals surface area contributed by atoms with Crippen LogP contribution in [0.25, 0.3) is 0 Å². The van der Waals surface area contributed by atoms with E-state index in [9.17, 15) is 10.2 Å². The Morgan fingerprint density at radius 2 is 1.75 bits per heavy atom. The van der Waals surface area contributed by atoms with E-state index in [1.165, 1.54) is 0 Å². The molecular formula is C12H18ClNO2. The third-order valence-electron chi connectivity index (χ3n) is 2.63. The summed E-state index contributed by atoms with van der Waals surface area (Å²) in [5.74, 6) is 0. The number of likely N-dealkylation sites (N-methyl/N-ethyl adjacent to an activating group) is 1. The number of halogens is 1. The van der Waals surface area contributed by atoms with Crippen LogP contribution in [0.4, 0.5) is 0 Å². The first kappa shape index (κ1) is 13.5. The molecule has 0 saturated heterocycles. The minimum absolute atomic E-state index is 0.350. The minimum Gasteiger partial charge on any atom is -0.389 e. The van der Waals surface area contributed by atoms with Crippen molar-refractivity contribution in [2.45, 2.75) is 26.1 Å². The molecule has 0 heterocycles. The first-order chi connectivity index (χ1) is 7.47. The first-order valence-corrected chi connectivity index (χ1v) is 5.62. The number of benzene rings is 1. The van der Waals surface area contributed by atoms with Crippen molar-refractivity contribution >= 4 is 11.6 Å². The van der Waals surface area contributed by atoms with Crippen molar-refractivity contribution in [3.05, 3.63) is 33.8 Å². The van der Waals surface area contributed by atoms with Crippen molar-refractivity contribution in [2.75, 3.05) is 13.6 Å². The lowest BCUT2D eigenvalue weighted by Crippen LogP contribution is -2.30. The van der Waals surface area contributed by atoms with Crippen LogP contribution in [0.1, 0.15) is 22.8 Å². The Morgan fingerprint density at radius 3 is 2.19 bits per heavy atom. The number of hydrogen-bond acceptors (Lipinski definition) is 3. The van der Waals surface area contributed by atoms with E-state index in [2.05, 4.69) is 5.32 Å². The summed E-state index contributed by atoms with van der Waals surface area (Å²) < 4.78 is 0. The van der Waals surface area contributed by atoms with Crippen molar-refractivity contribution in [3.8, 4) is 0 Å². The third-order valence-corrected chi connectivity index (χ3v) is 2.85. The number of rotatable bonds is 4. The van der Waals surface area contributed by atoms with Crippen molar-refractivity contribution in [2.24, 2.45) is 0 Å². The molecule has 0 spiro atoms. The molecule has 4 heteroatoms. The second-order valence-electron chi connectivity index (χ2n) is 4.02. The number of nitrogens with one attached hydrogen (secondary N) is 1. The van der Waals surface area contributed by atoms with Gasteiger partial charge in [0, 0.05) is 11.6 Å². The molecule has 0 saturated carbocycles. The molecule has 1 rings (SSSR count). The van der Waals surface area contributed by atoms with E-state index < -0.39 is 12.2 Å². The highest BCUT2D eigenvalue weighted by Crippen LogP contribution is 2.27. The fourth-order valence-corrected chi connectivity index (χ4v) is 2.23. The van der Waals surface area contributed by atoms with Gasteiger partial charge in [-0.15, -0.1) is 0 Å². The van der Waals surface area contributed by atoms with Gasteiger partial charge in [0.15, 0.2) is 0 Å². The highest BCUT2D eigenvalue weighted by atomic mass is 35.5. The molecule has 0 radical (unpaired) electrons. The lowest BCUT2D eigenvalue weighted by Gasteiger charge is -2.21. The molecule has 0 aromatic heterocycles. The third kappa shape index (κ3) is 2.95. The van der Waals surface area contributed by atoms with Gasteiger partial charge in [0.25, 0.3) is 0 Å². The Balaban J connectivity index is 3.03. The quantitative estimate of drug-likeness (QED) is 0.753. The molecular weight excluding hydrogens is 226 g/mol. The molecule has 2 atom stereocenters. The summed E-state index contributed by atoms with van der Waals surface area (Å²) in [6, 6.07) is 3.58. The van der Waals surface area contributed by atoms with E-state index in [-0.39, 0.29) is 0 Å². The second-order valence-corrected chi connectivity index (χ2v) is 4.46. The summed E-state index contributed by atoms with van der Waals surface area (Å²) in [6.45, 7) is 4.11. The lowest BCUT2D eigenvalue weighted by atomic mass is 9.95. The molecule has 0 aliphatic carbocycles. The summed E-state index contributed by atoms with van der Waals surface area (Å²) in [4.78, 5) is 0. The Kier molecular flexibility index (Phi) is 4.74. The van der Waals surface area contributed by atoms with Gasteiger partial charge in [0.2, 0.25) is 0 Å². The van der Waals surface area contributed by atoms with E-state index in [1.54, 1.807) is 19.2 Å². The standard InChI is InChI=1S/C12H18ClNO2/c1-7-4-9(13)5-8(2)11(7)12(16)10(15)6-14-3/h4-5,10,12,14-16H,6H2,1-3H3. The molecule has 0 aliphatic heterocycles. The number of aliphatic hydroxyl groups excluding tert-OH is 2. The predicted molar refractivity (Wildman–Crippen MR) is 65.8 cm³/mol. The molecule has 1 aromatic rings. The van der Waals surface area contributed by atoms with Crippen LogP contribution < -0.4 is 5.32 Å². The van der Waals surface area contributed by atoms with Gasteiger partial charge < -0.3 is 15.5 Å². The molecule has 16 heavy (non-hydrogen) atoms. The number of aryl methyl sites for hydroxylation is 2. The largest absolute Gasteiger partial charge is 0.389 e. The Morgan fingerprint density at radius 1 is 1.25 bits per heavy atom. The normalized spacial score (nSPS) is 14.9. The average Bonchev–Trinajstić information content (AvgIpc) is 2.16. The highest BCUT2D eigenvalue weighted by Gasteiger charge is 2.21. The molecule has 2 unspecified atom stereocenters. The predicted octanol–water partition coefficient (Wildman–Crippen LogP) is 1.57. The van der Waals surface area contributed by atoms with Crippen LogP contribution >= 0.6 is 11.6 Å². The van der Waals surface area contributed by atoms with Crippen molar-refractivity contribution in [1.29, 1.82) is 0 Å². The van der Waals surface area contributed by atoms with Gasteiger partial charge in [-0.05, 0) is 49.7 Å². The minimum atomic E-state index is -0.885. The molecule has 0 fully saturated rings. The molecule has 0 bridgehead atoms. The molecule has 0 amide bonds. The van der Waals surface area contributed by atoms with Crippen LogP contribution in [0.3, 0.4) is 0 Å². The molecule has 90 valence electrons. The van der Waals surface area contributed by atoms with Crippen LogP contribution in [-0.4, -0.2) is 29.9 Å². The van der Waals surface area contributed by atoms with Crippen LogP contribution in [0.2, 0.25) is 5.02 Å². The van der Waals surface area contributed by atoms with E-state index in [0.29, 0.717) is 11.6 Å². The first-order valence-electron chi connectivity index (χ1n) is 5.24. The highest BCUT2D eigenvalue weighted by molar-refractivity contribution is 6.30. The van der Waals surface area contributed by atoms with Crippen molar-refractivity contribution in [3.63, 3.8) is 0 Å². The van der Waals surface area contributed by atoms with Crippen LogP contribution in [0.15, 0.2) is 12.1 Å². The van der Waals surface area contributed by atoms with Gasteiger partial charge >= 0.3 is 0 Å². The maximum Gasteiger partial charge on any atom is 0.107 e. The fourth-order valence-electron chi connectivity index (χ4n) is 1.90. The van der Waals surface area contributed by atoms with Crippen LogP contribution in [-0.2, 0) is 0 Å². The SMILES string of the molecule is CNCC(O)C(O)c1c(C)cc(Cl)cc1C. The zero-order valence-corrected chi connectivity index (χ0v) is 10.5. The van der Waals surface area contributed by atoms with Crippen molar-refractivity contribution in [1.82, 2.24) is 5.32 Å². The fraction of sp³-hybridized carbons (Fsp3) is 0.500. The van der Waals surface area contributed by atoms with E-state index in [4.69, 9.17) is 11.6 Å². The van der Waals surface area contributed by atoms with Crippen LogP contribution in [0.5, 0.6) is 0 Å². The van der Waals surface area contributed by atoms with Gasteiger partial charge in [-0.25, -0.2) is 0 Å². The Labute approximate surface area is 101 Å². The summed E-state index contributed by atoms with van der Waals surface area (Å²) in [7, 11) is 1.73. The monoisotopic (exact) mass is 243 g/mol. The van der Waals surface area contributed by atoms with E-state index in [1.807, 2.05) is 13.8 Å². The molecule has 0 aliphatic rings. The second kappa shape index (κ2) is 5.64. The van der Waals surface area contributed by atoms with Gasteiger partial charge in [0.05, 0.1) is 6.10 Å². The summed E-state index contributed by atoms with van der Waals surface area (Å²) >= 11 is 5.91. The van der Waals surface area contributed by atoms with Gasteiger partial charge in [-0.3, -0.25) is 0 Å². The summed E-state index contributed by atoms with van der Waals surface area (Å²) in [6.07, 6.45) is -1.70. The zero-order valence-electron chi connectivity index (χ0n) is 9.79. The Hall–Kier alpha value is -0.610. The summed E-state index contributed by atoms with van der Waals surface area (Å²) in [5.41, 5.74) is 2.55. The van der Waals surface area contributed by atoms with Gasteiger partial charge in [-0.2, -0.15) is 0 Å². The Bertz CT molecular complexity index is 345. The van der Waals surface area contributed by atoms with Gasteiger partial charge in [0.1, 0.15) is 6.10 Å². The maximum atomic E-state index is 10.0. The number of aliphatic hydroxyl groups is 2. The van der Waals surface area contributed by atoms with E-state index >= 15 is 0 Å². The average molecular weight is 244 g/mol. The van der Waals surface area contributed by atoms with Crippen LogP contribution in [0, 0.1) is 13.8 Å². The van der Waals surface area contributed by atoms with Crippen molar-refractivity contribution < 1.29 is 10.2 Å². The maximum absolute atomic E-state index is 10.0. The van der Waals surface area contributed by atoms with Gasteiger partial charge in [-0.1, -0.05) is 11.6 Å². The zero-order chi connectivity index (χ0) is 12.3.